The maximum Gasteiger partial charge on any atom is 0.272 e. The van der Waals surface area contributed by atoms with E-state index in [1.165, 1.54) is 6.21 Å². The maximum atomic E-state index is 12.1. The third-order valence-electron chi connectivity index (χ3n) is 2.99. The lowest BCUT2D eigenvalue weighted by molar-refractivity contribution is 0.0954. The van der Waals surface area contributed by atoms with E-state index in [9.17, 15) is 4.79 Å². The summed E-state index contributed by atoms with van der Waals surface area (Å²) in [5.41, 5.74) is 3.80. The van der Waals surface area contributed by atoms with Crippen LogP contribution in [0.4, 0.5) is 0 Å². The molecule has 0 spiro atoms. The molecule has 1 N–H and O–H groups in total. The number of carbonyl (C=O) groups is 1. The van der Waals surface area contributed by atoms with Crippen LogP contribution in [0.1, 0.15) is 15.9 Å². The highest BCUT2D eigenvalue weighted by Crippen LogP contribution is 2.31. The number of methoxy groups -OCH3 is 2. The van der Waals surface area contributed by atoms with Crippen LogP contribution in [0.3, 0.4) is 0 Å². The summed E-state index contributed by atoms with van der Waals surface area (Å²) in [6.45, 7) is 0. The van der Waals surface area contributed by atoms with E-state index < -0.39 is 0 Å². The summed E-state index contributed by atoms with van der Waals surface area (Å²) >= 11 is 5.52. The average molecular weight is 489 g/mol. The lowest BCUT2D eigenvalue weighted by Gasteiger charge is -2.09. The second kappa shape index (κ2) is 8.30. The van der Waals surface area contributed by atoms with E-state index in [0.717, 1.165) is 8.04 Å². The Bertz CT molecular complexity index is 750. The van der Waals surface area contributed by atoms with Crippen molar-refractivity contribution in [1.29, 1.82) is 0 Å². The predicted molar refractivity (Wildman–Crippen MR) is 101 cm³/mol. The number of halogens is 2. The number of nitrogens with one attached hydrogen (secondary N) is 1. The Kier molecular flexibility index (Phi) is 6.40. The normalized spacial score (nSPS) is 10.6. The fourth-order valence-electron chi connectivity index (χ4n) is 1.85. The SMILES string of the molecule is COc1cc(OC)c(/C=N/NC(=O)c2ccccc2I)cc1Br. The highest BCUT2D eigenvalue weighted by atomic mass is 127. The fourth-order valence-corrected chi connectivity index (χ4v) is 3.01. The molecule has 1 amide bonds. The molecule has 0 bridgehead atoms. The lowest BCUT2D eigenvalue weighted by Crippen LogP contribution is -2.18. The highest BCUT2D eigenvalue weighted by molar-refractivity contribution is 14.1. The van der Waals surface area contributed by atoms with Crippen molar-refractivity contribution < 1.29 is 14.3 Å². The molecule has 0 heterocycles. The molecule has 2 aromatic rings. The minimum atomic E-state index is -0.266. The first-order valence-corrected chi connectivity index (χ1v) is 8.43. The second-order valence-electron chi connectivity index (χ2n) is 4.41. The summed E-state index contributed by atoms with van der Waals surface area (Å²) in [5.74, 6) is 0.983. The maximum absolute atomic E-state index is 12.1. The predicted octanol–water partition coefficient (Wildman–Crippen LogP) is 3.83. The van der Waals surface area contributed by atoms with Crippen molar-refractivity contribution in [3.8, 4) is 11.5 Å². The third kappa shape index (κ3) is 4.44. The molecule has 5 nitrogen and oxygen atoms in total. The number of rotatable bonds is 5. The topological polar surface area (TPSA) is 59.9 Å². The van der Waals surface area contributed by atoms with Crippen molar-refractivity contribution in [2.24, 2.45) is 5.10 Å². The van der Waals surface area contributed by atoms with Gasteiger partial charge in [0.05, 0.1) is 30.5 Å². The largest absolute Gasteiger partial charge is 0.496 e. The molecular formula is C16H14BrIN2O3. The van der Waals surface area contributed by atoms with Gasteiger partial charge in [0.25, 0.3) is 5.91 Å². The molecule has 120 valence electrons. The van der Waals surface area contributed by atoms with Gasteiger partial charge in [-0.3, -0.25) is 4.79 Å². The summed E-state index contributed by atoms with van der Waals surface area (Å²) in [7, 11) is 3.14. The number of benzene rings is 2. The summed E-state index contributed by atoms with van der Waals surface area (Å²) < 4.78 is 12.1. The van der Waals surface area contributed by atoms with Gasteiger partial charge in [-0.25, -0.2) is 5.43 Å². The minimum absolute atomic E-state index is 0.266. The fraction of sp³-hybridized carbons (Fsp3) is 0.125. The van der Waals surface area contributed by atoms with Crippen molar-refractivity contribution in [2.75, 3.05) is 14.2 Å². The third-order valence-corrected chi connectivity index (χ3v) is 4.55. The minimum Gasteiger partial charge on any atom is -0.496 e. The molecule has 0 fully saturated rings. The first kappa shape index (κ1) is 17.7. The average Bonchev–Trinajstić information content (AvgIpc) is 2.55. The van der Waals surface area contributed by atoms with Crippen LogP contribution in [0.2, 0.25) is 0 Å². The molecular weight excluding hydrogens is 475 g/mol. The van der Waals surface area contributed by atoms with Crippen molar-refractivity contribution in [3.63, 3.8) is 0 Å². The molecule has 0 aliphatic rings. The van der Waals surface area contributed by atoms with Gasteiger partial charge < -0.3 is 9.47 Å². The van der Waals surface area contributed by atoms with Crippen molar-refractivity contribution in [1.82, 2.24) is 5.43 Å². The Morgan fingerprint density at radius 1 is 1.22 bits per heavy atom. The number of hydrogen-bond donors (Lipinski definition) is 1. The van der Waals surface area contributed by atoms with E-state index in [0.29, 0.717) is 22.6 Å². The molecule has 23 heavy (non-hydrogen) atoms. The van der Waals surface area contributed by atoms with Gasteiger partial charge in [0, 0.05) is 15.2 Å². The Labute approximate surface area is 156 Å². The number of amides is 1. The van der Waals surface area contributed by atoms with Crippen LogP contribution >= 0.6 is 38.5 Å². The molecule has 0 radical (unpaired) electrons. The lowest BCUT2D eigenvalue weighted by atomic mass is 10.2. The van der Waals surface area contributed by atoms with Crippen LogP contribution in [0, 0.1) is 3.57 Å². The zero-order chi connectivity index (χ0) is 16.8. The van der Waals surface area contributed by atoms with Crippen LogP contribution < -0.4 is 14.9 Å². The molecule has 0 atom stereocenters. The summed E-state index contributed by atoms with van der Waals surface area (Å²) in [4.78, 5) is 12.1. The number of hydrogen-bond acceptors (Lipinski definition) is 4. The van der Waals surface area contributed by atoms with Crippen LogP contribution in [0.25, 0.3) is 0 Å². The van der Waals surface area contributed by atoms with Crippen LogP contribution in [0.15, 0.2) is 46.0 Å². The molecule has 2 aromatic carbocycles. The number of ether oxygens (including phenoxy) is 2. The van der Waals surface area contributed by atoms with Crippen LogP contribution in [0.5, 0.6) is 11.5 Å². The molecule has 0 unspecified atom stereocenters. The van der Waals surface area contributed by atoms with Gasteiger partial charge in [0.2, 0.25) is 0 Å². The molecule has 0 aliphatic heterocycles. The second-order valence-corrected chi connectivity index (χ2v) is 6.42. The monoisotopic (exact) mass is 488 g/mol. The van der Waals surface area contributed by atoms with Gasteiger partial charge in [0.1, 0.15) is 11.5 Å². The van der Waals surface area contributed by atoms with E-state index in [-0.39, 0.29) is 5.91 Å². The van der Waals surface area contributed by atoms with Crippen LogP contribution in [-0.4, -0.2) is 26.3 Å². The van der Waals surface area contributed by atoms with Gasteiger partial charge in [-0.2, -0.15) is 5.10 Å². The first-order chi connectivity index (χ1) is 11.1. The van der Waals surface area contributed by atoms with Gasteiger partial charge in [-0.05, 0) is 56.7 Å². The number of carbonyl (C=O) groups excluding carboxylic acids is 1. The van der Waals surface area contributed by atoms with Crippen molar-refractivity contribution in [3.05, 3.63) is 55.6 Å². The molecule has 7 heteroatoms. The number of hydrazone groups is 1. The van der Waals surface area contributed by atoms with E-state index >= 15 is 0 Å². The Morgan fingerprint density at radius 2 is 1.91 bits per heavy atom. The zero-order valence-electron chi connectivity index (χ0n) is 12.5. The molecule has 0 saturated carbocycles. The zero-order valence-corrected chi connectivity index (χ0v) is 16.2. The highest BCUT2D eigenvalue weighted by Gasteiger charge is 2.09. The Hall–Kier alpha value is -1.61. The standard InChI is InChI=1S/C16H14BrIN2O3/c1-22-14-8-15(23-2)12(17)7-10(14)9-19-20-16(21)11-5-3-4-6-13(11)18/h3-9H,1-2H3,(H,20,21)/b19-9+. The molecule has 0 aliphatic carbocycles. The summed E-state index contributed by atoms with van der Waals surface area (Å²) in [5, 5.41) is 3.99. The number of nitrogens with zero attached hydrogens (tertiary/aromatic N) is 1. The Morgan fingerprint density at radius 3 is 2.57 bits per heavy atom. The summed E-state index contributed by atoms with van der Waals surface area (Å²) in [6.07, 6.45) is 1.52. The van der Waals surface area contributed by atoms with E-state index in [4.69, 9.17) is 9.47 Å². The molecule has 2 rings (SSSR count). The van der Waals surface area contributed by atoms with Gasteiger partial charge in [-0.1, -0.05) is 12.1 Å². The van der Waals surface area contributed by atoms with Gasteiger partial charge in [0.15, 0.2) is 0 Å². The van der Waals surface area contributed by atoms with Gasteiger partial charge in [-0.15, -0.1) is 0 Å². The molecule has 0 saturated heterocycles. The summed E-state index contributed by atoms with van der Waals surface area (Å²) in [6, 6.07) is 10.8. The smallest absolute Gasteiger partial charge is 0.272 e. The van der Waals surface area contributed by atoms with Crippen molar-refractivity contribution in [2.45, 2.75) is 0 Å². The van der Waals surface area contributed by atoms with Crippen molar-refractivity contribution >= 4 is 50.6 Å². The van der Waals surface area contributed by atoms with E-state index in [1.807, 2.05) is 18.2 Å². The first-order valence-electron chi connectivity index (χ1n) is 6.56. The van der Waals surface area contributed by atoms with E-state index in [2.05, 4.69) is 49.0 Å². The Balaban J connectivity index is 2.16. The van der Waals surface area contributed by atoms with E-state index in [1.54, 1.807) is 32.4 Å². The quantitative estimate of drug-likeness (QED) is 0.395. The molecule has 0 aromatic heterocycles. The van der Waals surface area contributed by atoms with Gasteiger partial charge >= 0.3 is 0 Å². The van der Waals surface area contributed by atoms with Crippen LogP contribution in [-0.2, 0) is 0 Å².